The van der Waals surface area contributed by atoms with E-state index in [1.165, 1.54) is 32.1 Å². The van der Waals surface area contributed by atoms with Gasteiger partial charge in [-0.25, -0.2) is 0 Å². The normalized spacial score (nSPS) is 22.0. The van der Waals surface area contributed by atoms with Crippen LogP contribution in [0.15, 0.2) is 0 Å². The molecule has 12 heavy (non-hydrogen) atoms. The maximum atomic E-state index is 3.61. The molecule has 0 aromatic rings. The highest BCUT2D eigenvalue weighted by Gasteiger charge is 2.39. The minimum Gasteiger partial charge on any atom is -0.0922 e. The molecule has 1 rings (SSSR count). The van der Waals surface area contributed by atoms with Gasteiger partial charge in [-0.2, -0.15) is 0 Å². The first-order chi connectivity index (χ1) is 5.54. The molecule has 1 heteroatoms. The highest BCUT2D eigenvalue weighted by atomic mass is 79.9. The van der Waals surface area contributed by atoms with E-state index >= 15 is 0 Å². The van der Waals surface area contributed by atoms with E-state index < -0.39 is 0 Å². The molecule has 0 unspecified atom stereocenters. The van der Waals surface area contributed by atoms with Crippen LogP contribution < -0.4 is 0 Å². The minimum atomic E-state index is 0.496. The molecule has 0 N–H and O–H groups in total. The maximum absolute atomic E-state index is 3.61. The third-order valence-electron chi connectivity index (χ3n) is 3.38. The van der Waals surface area contributed by atoms with Crippen LogP contribution in [-0.4, -0.2) is 5.33 Å². The Morgan fingerprint density at radius 3 is 2.17 bits per heavy atom. The van der Waals surface area contributed by atoms with Crippen molar-refractivity contribution >= 4 is 15.9 Å². The molecule has 0 aromatic carbocycles. The highest BCUT2D eigenvalue weighted by Crippen LogP contribution is 2.51. The zero-order valence-electron chi connectivity index (χ0n) is 8.62. The van der Waals surface area contributed by atoms with E-state index in [2.05, 4.69) is 36.7 Å². The van der Waals surface area contributed by atoms with E-state index in [0.29, 0.717) is 5.41 Å². The molecule has 0 atom stereocenters. The average molecular weight is 233 g/mol. The summed E-state index contributed by atoms with van der Waals surface area (Å²) < 4.78 is 0. The topological polar surface area (TPSA) is 0 Å². The van der Waals surface area contributed by atoms with Crippen molar-refractivity contribution in [3.05, 3.63) is 0 Å². The molecule has 0 radical (unpaired) electrons. The predicted octanol–water partition coefficient (Wildman–Crippen LogP) is 4.38. The second kappa shape index (κ2) is 3.69. The quantitative estimate of drug-likeness (QED) is 0.632. The summed E-state index contributed by atoms with van der Waals surface area (Å²) in [5, 5.41) is 1.14. The van der Waals surface area contributed by atoms with Crippen molar-refractivity contribution in [1.29, 1.82) is 0 Å². The fourth-order valence-electron chi connectivity index (χ4n) is 2.39. The summed E-state index contributed by atoms with van der Waals surface area (Å²) >= 11 is 3.61. The molecule has 0 aliphatic heterocycles. The van der Waals surface area contributed by atoms with Crippen LogP contribution in [0.5, 0.6) is 0 Å². The maximum Gasteiger partial charge on any atom is 0.00828 e. The van der Waals surface area contributed by atoms with E-state index in [1.807, 2.05) is 0 Å². The molecule has 0 aromatic heterocycles. The molecule has 0 bridgehead atoms. The second-order valence-electron chi connectivity index (χ2n) is 5.18. The third-order valence-corrected chi connectivity index (χ3v) is 4.90. The number of hydrogen-bond donors (Lipinski definition) is 0. The molecule has 72 valence electrons. The van der Waals surface area contributed by atoms with E-state index in [9.17, 15) is 0 Å². The van der Waals surface area contributed by atoms with Crippen LogP contribution in [0.4, 0.5) is 0 Å². The monoisotopic (exact) mass is 232 g/mol. The van der Waals surface area contributed by atoms with Crippen molar-refractivity contribution in [2.45, 2.75) is 52.9 Å². The Morgan fingerprint density at radius 2 is 1.92 bits per heavy atom. The van der Waals surface area contributed by atoms with Crippen molar-refractivity contribution < 1.29 is 0 Å². The lowest BCUT2D eigenvalue weighted by Gasteiger charge is -2.46. The summed E-state index contributed by atoms with van der Waals surface area (Å²) in [5.74, 6) is 0. The number of hydrogen-bond acceptors (Lipinski definition) is 0. The minimum absolute atomic E-state index is 0.496. The molecule has 0 amide bonds. The zero-order valence-corrected chi connectivity index (χ0v) is 10.2. The van der Waals surface area contributed by atoms with E-state index in [-0.39, 0.29) is 0 Å². The first-order valence-corrected chi connectivity index (χ1v) is 6.22. The van der Waals surface area contributed by atoms with Gasteiger partial charge in [0.05, 0.1) is 0 Å². The fraction of sp³-hybridized carbons (Fsp3) is 1.00. The summed E-state index contributed by atoms with van der Waals surface area (Å²) in [5.41, 5.74) is 1.22. The summed E-state index contributed by atoms with van der Waals surface area (Å²) in [6.07, 6.45) is 7.19. The average Bonchev–Trinajstić information content (AvgIpc) is 1.97. The van der Waals surface area contributed by atoms with Crippen molar-refractivity contribution in [3.8, 4) is 0 Å². The van der Waals surface area contributed by atoms with Gasteiger partial charge in [0.2, 0.25) is 0 Å². The first-order valence-electron chi connectivity index (χ1n) is 5.10. The molecular weight excluding hydrogens is 212 g/mol. The van der Waals surface area contributed by atoms with Crippen LogP contribution in [0, 0.1) is 10.8 Å². The number of alkyl halides is 1. The number of rotatable bonds is 4. The van der Waals surface area contributed by atoms with Gasteiger partial charge in [-0.1, -0.05) is 49.5 Å². The zero-order chi connectivity index (χ0) is 9.24. The molecular formula is C11H21Br. The molecule has 0 nitrogen and oxygen atoms in total. The van der Waals surface area contributed by atoms with Crippen LogP contribution in [0.3, 0.4) is 0 Å². The summed E-state index contributed by atoms with van der Waals surface area (Å²) in [7, 11) is 0. The SMILES string of the molecule is CCC1(CC(C)(C)CBr)CCC1. The van der Waals surface area contributed by atoms with Gasteiger partial charge >= 0.3 is 0 Å². The van der Waals surface area contributed by atoms with Crippen molar-refractivity contribution in [3.63, 3.8) is 0 Å². The third kappa shape index (κ3) is 2.25. The Balaban J connectivity index is 2.47. The van der Waals surface area contributed by atoms with Crippen molar-refractivity contribution in [2.75, 3.05) is 5.33 Å². The van der Waals surface area contributed by atoms with E-state index in [0.717, 1.165) is 10.7 Å². The van der Waals surface area contributed by atoms with E-state index in [4.69, 9.17) is 0 Å². The van der Waals surface area contributed by atoms with Crippen LogP contribution in [-0.2, 0) is 0 Å². The van der Waals surface area contributed by atoms with Gasteiger partial charge in [0.1, 0.15) is 0 Å². The van der Waals surface area contributed by atoms with Crippen LogP contribution in [0.1, 0.15) is 52.9 Å². The predicted molar refractivity (Wildman–Crippen MR) is 58.8 cm³/mol. The summed E-state index contributed by atoms with van der Waals surface area (Å²) in [4.78, 5) is 0. The van der Waals surface area contributed by atoms with Crippen LogP contribution in [0.2, 0.25) is 0 Å². The van der Waals surface area contributed by atoms with Crippen LogP contribution in [0.25, 0.3) is 0 Å². The van der Waals surface area contributed by atoms with Gasteiger partial charge in [-0.3, -0.25) is 0 Å². The van der Waals surface area contributed by atoms with Gasteiger partial charge < -0.3 is 0 Å². The molecule has 1 aliphatic rings. The largest absolute Gasteiger partial charge is 0.0922 e. The van der Waals surface area contributed by atoms with E-state index in [1.54, 1.807) is 0 Å². The lowest BCUT2D eigenvalue weighted by molar-refractivity contribution is 0.0678. The summed E-state index contributed by atoms with van der Waals surface area (Å²) in [6.45, 7) is 7.10. The Morgan fingerprint density at radius 1 is 1.33 bits per heavy atom. The molecule has 0 saturated heterocycles. The van der Waals surface area contributed by atoms with Gasteiger partial charge in [0.15, 0.2) is 0 Å². The fourth-order valence-corrected chi connectivity index (χ4v) is 2.59. The van der Waals surface area contributed by atoms with Crippen molar-refractivity contribution in [2.24, 2.45) is 10.8 Å². The van der Waals surface area contributed by atoms with Crippen molar-refractivity contribution in [1.82, 2.24) is 0 Å². The lowest BCUT2D eigenvalue weighted by Crippen LogP contribution is -2.34. The summed E-state index contributed by atoms with van der Waals surface area (Å²) in [6, 6.07) is 0. The highest BCUT2D eigenvalue weighted by molar-refractivity contribution is 9.09. The molecule has 1 fully saturated rings. The first kappa shape index (κ1) is 10.6. The Labute approximate surface area is 85.3 Å². The number of halogens is 1. The molecule has 1 aliphatic carbocycles. The Bertz CT molecular complexity index is 140. The smallest absolute Gasteiger partial charge is 0.00828 e. The van der Waals surface area contributed by atoms with Crippen LogP contribution >= 0.6 is 15.9 Å². The molecule has 0 heterocycles. The lowest BCUT2D eigenvalue weighted by atomic mass is 9.60. The van der Waals surface area contributed by atoms with Gasteiger partial charge in [-0.05, 0) is 30.1 Å². The van der Waals surface area contributed by atoms with Gasteiger partial charge in [0, 0.05) is 5.33 Å². The molecule has 1 saturated carbocycles. The Hall–Kier alpha value is 0.480. The Kier molecular flexibility index (Phi) is 3.25. The molecule has 0 spiro atoms. The second-order valence-corrected chi connectivity index (χ2v) is 5.74. The standard InChI is InChI=1S/C11H21Br/c1-4-11(6-5-7-11)8-10(2,3)9-12/h4-9H2,1-3H3. The van der Waals surface area contributed by atoms with Gasteiger partial charge in [0.25, 0.3) is 0 Å². The van der Waals surface area contributed by atoms with Gasteiger partial charge in [-0.15, -0.1) is 0 Å².